The van der Waals surface area contributed by atoms with Crippen molar-refractivity contribution in [2.24, 2.45) is 11.5 Å². The molecule has 12 heavy (non-hydrogen) atoms. The van der Waals surface area contributed by atoms with E-state index in [-0.39, 0.29) is 6.04 Å². The van der Waals surface area contributed by atoms with Gasteiger partial charge >= 0.3 is 0 Å². The van der Waals surface area contributed by atoms with Crippen LogP contribution in [0.3, 0.4) is 0 Å². The van der Waals surface area contributed by atoms with Gasteiger partial charge in [-0.2, -0.15) is 0 Å². The summed E-state index contributed by atoms with van der Waals surface area (Å²) in [6.07, 6.45) is 2.30. The van der Waals surface area contributed by atoms with Gasteiger partial charge in [0.15, 0.2) is 0 Å². The fourth-order valence-corrected chi connectivity index (χ4v) is 1.17. The van der Waals surface area contributed by atoms with Crippen LogP contribution in [-0.2, 0) is 9.47 Å². The maximum atomic E-state index is 5.75. The molecule has 1 aliphatic rings. The monoisotopic (exact) mass is 170 g/mol. The van der Waals surface area contributed by atoms with Gasteiger partial charge in [0.2, 0.25) is 0 Å². The molecular weight excluding hydrogens is 156 g/mol. The van der Waals surface area contributed by atoms with E-state index in [0.717, 1.165) is 5.76 Å². The molecule has 4 N–H and O–H groups in total. The minimum Gasteiger partial charge on any atom is -0.499 e. The Hall–Kier alpha value is -1.16. The van der Waals surface area contributed by atoms with Crippen molar-refractivity contribution in [3.63, 3.8) is 0 Å². The molecule has 0 bridgehead atoms. The fraction of sp³-hybridized carbons (Fsp3) is 0.500. The first-order chi connectivity index (χ1) is 5.69. The molecule has 0 aliphatic heterocycles. The number of allylic oxidation sites excluding steroid dienone is 1. The zero-order valence-corrected chi connectivity index (χ0v) is 7.33. The summed E-state index contributed by atoms with van der Waals surface area (Å²) < 4.78 is 10.1. The Morgan fingerprint density at radius 2 is 2.08 bits per heavy atom. The second-order valence-electron chi connectivity index (χ2n) is 2.64. The number of hydrogen-bond acceptors (Lipinski definition) is 4. The largest absolute Gasteiger partial charge is 0.499 e. The topological polar surface area (TPSA) is 70.5 Å². The van der Waals surface area contributed by atoms with E-state index in [4.69, 9.17) is 20.9 Å². The molecule has 0 fully saturated rings. The van der Waals surface area contributed by atoms with Gasteiger partial charge in [-0.3, -0.25) is 0 Å². The number of methoxy groups -OCH3 is 2. The van der Waals surface area contributed by atoms with Crippen LogP contribution in [0.1, 0.15) is 6.42 Å². The standard InChI is InChI=1S/C8H14N2O2/c1-11-7-3-6(10)8(12-2)4-5(7)9/h3,5H,4,9-10H2,1-2H3. The van der Waals surface area contributed by atoms with E-state index >= 15 is 0 Å². The Bertz CT molecular complexity index is 233. The quantitative estimate of drug-likeness (QED) is 0.615. The third-order valence-corrected chi connectivity index (χ3v) is 1.87. The summed E-state index contributed by atoms with van der Waals surface area (Å²) in [5.74, 6) is 1.43. The molecule has 0 saturated heterocycles. The van der Waals surface area contributed by atoms with Crippen molar-refractivity contribution >= 4 is 0 Å². The Morgan fingerprint density at radius 3 is 2.58 bits per heavy atom. The SMILES string of the molecule is COC1=CC(N)=C(OC)CC1N. The van der Waals surface area contributed by atoms with Gasteiger partial charge < -0.3 is 20.9 Å². The van der Waals surface area contributed by atoms with Crippen LogP contribution in [0.2, 0.25) is 0 Å². The van der Waals surface area contributed by atoms with E-state index in [2.05, 4.69) is 0 Å². The highest BCUT2D eigenvalue weighted by Gasteiger charge is 2.19. The van der Waals surface area contributed by atoms with Crippen molar-refractivity contribution in [2.45, 2.75) is 12.5 Å². The van der Waals surface area contributed by atoms with Crippen molar-refractivity contribution in [2.75, 3.05) is 14.2 Å². The van der Waals surface area contributed by atoms with Crippen LogP contribution < -0.4 is 11.5 Å². The van der Waals surface area contributed by atoms with Crippen LogP contribution in [0.15, 0.2) is 23.3 Å². The molecule has 0 heterocycles. The van der Waals surface area contributed by atoms with Crippen molar-refractivity contribution in [3.8, 4) is 0 Å². The molecule has 0 amide bonds. The number of nitrogens with two attached hydrogens (primary N) is 2. The molecule has 0 saturated carbocycles. The first-order valence-electron chi connectivity index (χ1n) is 3.72. The van der Waals surface area contributed by atoms with Crippen LogP contribution in [0.25, 0.3) is 0 Å². The highest BCUT2D eigenvalue weighted by molar-refractivity contribution is 5.29. The van der Waals surface area contributed by atoms with Crippen molar-refractivity contribution in [1.29, 1.82) is 0 Å². The summed E-state index contributed by atoms with van der Waals surface area (Å²) >= 11 is 0. The lowest BCUT2D eigenvalue weighted by molar-refractivity contribution is 0.227. The van der Waals surface area contributed by atoms with Gasteiger partial charge in [-0.1, -0.05) is 0 Å². The maximum Gasteiger partial charge on any atom is 0.120 e. The van der Waals surface area contributed by atoms with Crippen LogP contribution in [0.4, 0.5) is 0 Å². The molecule has 0 aromatic heterocycles. The van der Waals surface area contributed by atoms with E-state index in [9.17, 15) is 0 Å². The Morgan fingerprint density at radius 1 is 1.42 bits per heavy atom. The van der Waals surface area contributed by atoms with E-state index in [0.29, 0.717) is 17.9 Å². The smallest absolute Gasteiger partial charge is 0.120 e. The van der Waals surface area contributed by atoms with Crippen LogP contribution in [0, 0.1) is 0 Å². The molecule has 0 aromatic rings. The summed E-state index contributed by atoms with van der Waals surface area (Å²) in [5.41, 5.74) is 12.0. The zero-order chi connectivity index (χ0) is 9.14. The minimum absolute atomic E-state index is 0.141. The van der Waals surface area contributed by atoms with E-state index < -0.39 is 0 Å². The van der Waals surface area contributed by atoms with Gasteiger partial charge in [0.25, 0.3) is 0 Å². The normalized spacial score (nSPS) is 23.6. The molecule has 1 rings (SSSR count). The Labute approximate surface area is 71.8 Å². The second-order valence-corrected chi connectivity index (χ2v) is 2.64. The van der Waals surface area contributed by atoms with Crippen molar-refractivity contribution in [1.82, 2.24) is 0 Å². The number of rotatable bonds is 2. The predicted octanol–water partition coefficient (Wildman–Crippen LogP) is 0.0644. The van der Waals surface area contributed by atoms with Gasteiger partial charge in [0.05, 0.1) is 26.0 Å². The highest BCUT2D eigenvalue weighted by atomic mass is 16.5. The first-order valence-corrected chi connectivity index (χ1v) is 3.72. The third-order valence-electron chi connectivity index (χ3n) is 1.87. The third kappa shape index (κ3) is 1.53. The van der Waals surface area contributed by atoms with Gasteiger partial charge in [0.1, 0.15) is 11.5 Å². The van der Waals surface area contributed by atoms with Crippen molar-refractivity contribution in [3.05, 3.63) is 23.3 Å². The second kappa shape index (κ2) is 3.49. The minimum atomic E-state index is -0.141. The molecule has 4 heteroatoms. The number of hydrogen-bond donors (Lipinski definition) is 2. The van der Waals surface area contributed by atoms with Gasteiger partial charge in [-0.15, -0.1) is 0 Å². The summed E-state index contributed by atoms with van der Waals surface area (Å²) in [4.78, 5) is 0. The van der Waals surface area contributed by atoms with E-state index in [1.165, 1.54) is 0 Å². The highest BCUT2D eigenvalue weighted by Crippen LogP contribution is 2.20. The van der Waals surface area contributed by atoms with Gasteiger partial charge in [-0.05, 0) is 0 Å². The maximum absolute atomic E-state index is 5.75. The summed E-state index contributed by atoms with van der Waals surface area (Å²) in [7, 11) is 3.16. The summed E-state index contributed by atoms with van der Waals surface area (Å²) in [6, 6.07) is -0.141. The molecule has 0 radical (unpaired) electrons. The lowest BCUT2D eigenvalue weighted by Crippen LogP contribution is -2.29. The van der Waals surface area contributed by atoms with Gasteiger partial charge in [0, 0.05) is 12.5 Å². The van der Waals surface area contributed by atoms with Crippen LogP contribution in [0.5, 0.6) is 0 Å². The summed E-state index contributed by atoms with van der Waals surface area (Å²) in [5, 5.41) is 0. The molecule has 1 atom stereocenters. The molecule has 0 spiro atoms. The van der Waals surface area contributed by atoms with E-state index in [1.807, 2.05) is 0 Å². The summed E-state index contributed by atoms with van der Waals surface area (Å²) in [6.45, 7) is 0. The number of ether oxygens (including phenoxy) is 2. The fourth-order valence-electron chi connectivity index (χ4n) is 1.17. The Kier molecular flexibility index (Phi) is 2.60. The molecule has 4 nitrogen and oxygen atoms in total. The average molecular weight is 170 g/mol. The van der Waals surface area contributed by atoms with Crippen LogP contribution in [-0.4, -0.2) is 20.3 Å². The molecule has 68 valence electrons. The predicted molar refractivity (Wildman–Crippen MR) is 45.9 cm³/mol. The first kappa shape index (κ1) is 8.93. The lowest BCUT2D eigenvalue weighted by atomic mass is 10.0. The molecular formula is C8H14N2O2. The average Bonchev–Trinajstić information content (AvgIpc) is 2.08. The van der Waals surface area contributed by atoms with Crippen LogP contribution >= 0.6 is 0 Å². The Balaban J connectivity index is 2.87. The van der Waals surface area contributed by atoms with E-state index in [1.54, 1.807) is 20.3 Å². The van der Waals surface area contributed by atoms with Crippen molar-refractivity contribution < 1.29 is 9.47 Å². The zero-order valence-electron chi connectivity index (χ0n) is 7.33. The molecule has 0 aromatic carbocycles. The molecule has 1 aliphatic carbocycles. The van der Waals surface area contributed by atoms with Gasteiger partial charge in [-0.25, -0.2) is 0 Å². The molecule has 1 unspecified atom stereocenters. The lowest BCUT2D eigenvalue weighted by Gasteiger charge is -2.21.